The van der Waals surface area contributed by atoms with Gasteiger partial charge in [0.2, 0.25) is 5.91 Å². The second-order valence-corrected chi connectivity index (χ2v) is 6.72. The zero-order chi connectivity index (χ0) is 20.7. The fraction of sp³-hybridized carbons (Fsp3) is 0.364. The van der Waals surface area contributed by atoms with E-state index in [1.54, 1.807) is 21.1 Å². The summed E-state index contributed by atoms with van der Waals surface area (Å²) in [7, 11) is 3.16. The lowest BCUT2D eigenvalue weighted by molar-refractivity contribution is -0.142. The second kappa shape index (κ2) is 9.78. The number of benzene rings is 2. The molecule has 0 spiro atoms. The van der Waals surface area contributed by atoms with E-state index in [1.165, 1.54) is 4.90 Å². The lowest BCUT2D eigenvalue weighted by atomic mass is 10.1. The summed E-state index contributed by atoms with van der Waals surface area (Å²) in [5.41, 5.74) is 3.00. The van der Waals surface area contributed by atoms with Crippen molar-refractivity contribution in [2.75, 3.05) is 20.8 Å². The Morgan fingerprint density at radius 3 is 2.36 bits per heavy atom. The van der Waals surface area contributed by atoms with Crippen molar-refractivity contribution in [1.82, 2.24) is 10.2 Å². The Hall–Kier alpha value is -3.02. The molecule has 2 rings (SSSR count). The third kappa shape index (κ3) is 5.49. The first-order chi connectivity index (χ1) is 13.3. The van der Waals surface area contributed by atoms with Gasteiger partial charge in [0.1, 0.15) is 17.5 Å². The first-order valence-corrected chi connectivity index (χ1v) is 9.19. The zero-order valence-corrected chi connectivity index (χ0v) is 17.1. The van der Waals surface area contributed by atoms with Gasteiger partial charge in [0.05, 0.1) is 7.11 Å². The number of nitrogens with zero attached hydrogens (tertiary/aromatic N) is 1. The number of hydrogen-bond acceptors (Lipinski definition) is 4. The monoisotopic (exact) mass is 384 g/mol. The summed E-state index contributed by atoms with van der Waals surface area (Å²) in [4.78, 5) is 26.5. The first-order valence-electron chi connectivity index (χ1n) is 9.19. The average Bonchev–Trinajstić information content (AvgIpc) is 2.70. The number of carbonyl (C=O) groups is 2. The van der Waals surface area contributed by atoms with E-state index in [0.717, 1.165) is 22.4 Å². The third-order valence-electron chi connectivity index (χ3n) is 4.61. The Morgan fingerprint density at radius 1 is 1.11 bits per heavy atom. The van der Waals surface area contributed by atoms with Crippen molar-refractivity contribution in [2.45, 2.75) is 33.4 Å². The number of hydrogen-bond donors (Lipinski definition) is 1. The molecule has 1 N–H and O–H groups in total. The van der Waals surface area contributed by atoms with Gasteiger partial charge in [-0.25, -0.2) is 0 Å². The molecule has 0 aromatic heterocycles. The van der Waals surface area contributed by atoms with Crippen molar-refractivity contribution in [3.05, 3.63) is 59.2 Å². The largest absolute Gasteiger partial charge is 0.497 e. The summed E-state index contributed by atoms with van der Waals surface area (Å²) in [6.45, 7) is 5.81. The SMILES string of the molecule is CNC(=O)[C@H](C)N(Cc1ccc(OC)cc1)C(=O)COc1ccc(C)cc1C. The van der Waals surface area contributed by atoms with E-state index in [-0.39, 0.29) is 18.4 Å². The number of aryl methyl sites for hydroxylation is 2. The normalized spacial score (nSPS) is 11.5. The van der Waals surface area contributed by atoms with E-state index in [0.29, 0.717) is 12.3 Å². The Morgan fingerprint density at radius 2 is 1.79 bits per heavy atom. The van der Waals surface area contributed by atoms with Gasteiger partial charge in [-0.15, -0.1) is 0 Å². The predicted molar refractivity (Wildman–Crippen MR) is 108 cm³/mol. The van der Waals surface area contributed by atoms with Crippen LogP contribution in [0.4, 0.5) is 0 Å². The van der Waals surface area contributed by atoms with Crippen molar-refractivity contribution in [1.29, 1.82) is 0 Å². The van der Waals surface area contributed by atoms with Crippen LogP contribution in [-0.4, -0.2) is 43.5 Å². The molecule has 0 unspecified atom stereocenters. The third-order valence-corrected chi connectivity index (χ3v) is 4.61. The van der Waals surface area contributed by atoms with E-state index in [4.69, 9.17) is 9.47 Å². The van der Waals surface area contributed by atoms with E-state index in [1.807, 2.05) is 56.3 Å². The van der Waals surface area contributed by atoms with Crippen LogP contribution >= 0.6 is 0 Å². The Labute approximate surface area is 166 Å². The van der Waals surface area contributed by atoms with Crippen molar-refractivity contribution in [2.24, 2.45) is 0 Å². The molecule has 0 bridgehead atoms. The van der Waals surface area contributed by atoms with Crippen LogP contribution in [0, 0.1) is 13.8 Å². The molecule has 28 heavy (non-hydrogen) atoms. The highest BCUT2D eigenvalue weighted by molar-refractivity contribution is 5.87. The van der Waals surface area contributed by atoms with Crippen LogP contribution in [0.25, 0.3) is 0 Å². The van der Waals surface area contributed by atoms with Crippen molar-refractivity contribution < 1.29 is 19.1 Å². The maximum Gasteiger partial charge on any atom is 0.261 e. The molecular weight excluding hydrogens is 356 g/mol. The van der Waals surface area contributed by atoms with Gasteiger partial charge in [-0.3, -0.25) is 9.59 Å². The second-order valence-electron chi connectivity index (χ2n) is 6.72. The molecule has 2 amide bonds. The Balaban J connectivity index is 2.14. The Kier molecular flexibility index (Phi) is 7.44. The van der Waals surface area contributed by atoms with Crippen molar-refractivity contribution >= 4 is 11.8 Å². The van der Waals surface area contributed by atoms with Gasteiger partial charge in [0.25, 0.3) is 5.91 Å². The molecular formula is C22H28N2O4. The highest BCUT2D eigenvalue weighted by Gasteiger charge is 2.26. The van der Waals surface area contributed by atoms with Gasteiger partial charge in [-0.05, 0) is 50.1 Å². The standard InChI is InChI=1S/C22H28N2O4/c1-15-6-11-20(16(2)12-15)28-14-21(25)24(17(3)22(26)23-4)13-18-7-9-19(27-5)10-8-18/h6-12,17H,13-14H2,1-5H3,(H,23,26)/t17-/m0/s1. The number of nitrogens with one attached hydrogen (secondary N) is 1. The summed E-state index contributed by atoms with van der Waals surface area (Å²) in [5.74, 6) is 0.912. The van der Waals surface area contributed by atoms with Gasteiger partial charge >= 0.3 is 0 Å². The average molecular weight is 384 g/mol. The smallest absolute Gasteiger partial charge is 0.261 e. The minimum Gasteiger partial charge on any atom is -0.497 e. The number of methoxy groups -OCH3 is 1. The van der Waals surface area contributed by atoms with Crippen LogP contribution in [-0.2, 0) is 16.1 Å². The van der Waals surface area contributed by atoms with Crippen molar-refractivity contribution in [3.63, 3.8) is 0 Å². The molecule has 0 aliphatic rings. The first kappa shape index (κ1) is 21.3. The van der Waals surface area contributed by atoms with Gasteiger partial charge in [0.15, 0.2) is 6.61 Å². The molecule has 2 aromatic carbocycles. The van der Waals surface area contributed by atoms with Crippen LogP contribution in [0.1, 0.15) is 23.6 Å². The van der Waals surface area contributed by atoms with Crippen LogP contribution in [0.3, 0.4) is 0 Å². The fourth-order valence-electron chi connectivity index (χ4n) is 2.90. The lowest BCUT2D eigenvalue weighted by Gasteiger charge is -2.28. The van der Waals surface area contributed by atoms with E-state index >= 15 is 0 Å². The number of carbonyl (C=O) groups excluding carboxylic acids is 2. The Bertz CT molecular complexity index is 818. The van der Waals surface area contributed by atoms with Crippen LogP contribution in [0.5, 0.6) is 11.5 Å². The van der Waals surface area contributed by atoms with E-state index < -0.39 is 6.04 Å². The van der Waals surface area contributed by atoms with Gasteiger partial charge < -0.3 is 19.7 Å². The molecule has 0 aliphatic carbocycles. The molecule has 0 saturated carbocycles. The quantitative estimate of drug-likeness (QED) is 0.760. The number of ether oxygens (including phenoxy) is 2. The highest BCUT2D eigenvalue weighted by Crippen LogP contribution is 2.19. The minimum atomic E-state index is -0.623. The van der Waals surface area contributed by atoms with Crippen LogP contribution in [0.15, 0.2) is 42.5 Å². The van der Waals surface area contributed by atoms with Gasteiger partial charge in [-0.2, -0.15) is 0 Å². The van der Waals surface area contributed by atoms with E-state index in [9.17, 15) is 9.59 Å². The lowest BCUT2D eigenvalue weighted by Crippen LogP contribution is -2.48. The molecule has 0 heterocycles. The summed E-state index contributed by atoms with van der Waals surface area (Å²) in [6.07, 6.45) is 0. The summed E-state index contributed by atoms with van der Waals surface area (Å²) < 4.78 is 10.9. The fourth-order valence-corrected chi connectivity index (χ4v) is 2.90. The summed E-state index contributed by atoms with van der Waals surface area (Å²) in [6, 6.07) is 12.6. The van der Waals surface area contributed by atoms with Gasteiger partial charge in [0, 0.05) is 13.6 Å². The van der Waals surface area contributed by atoms with E-state index in [2.05, 4.69) is 5.32 Å². The molecule has 0 fully saturated rings. The predicted octanol–water partition coefficient (Wildman–Crippen LogP) is 2.85. The number of rotatable bonds is 8. The minimum absolute atomic E-state index is 0.138. The molecule has 2 aromatic rings. The topological polar surface area (TPSA) is 67.9 Å². The summed E-state index contributed by atoms with van der Waals surface area (Å²) >= 11 is 0. The summed E-state index contributed by atoms with van der Waals surface area (Å²) in [5, 5.41) is 2.60. The maximum atomic E-state index is 12.9. The zero-order valence-electron chi connectivity index (χ0n) is 17.1. The molecule has 6 heteroatoms. The maximum absolute atomic E-state index is 12.9. The molecule has 0 saturated heterocycles. The van der Waals surface area contributed by atoms with Gasteiger partial charge in [-0.1, -0.05) is 29.8 Å². The molecule has 6 nitrogen and oxygen atoms in total. The molecule has 1 atom stereocenters. The number of amides is 2. The molecule has 150 valence electrons. The number of likely N-dealkylation sites (N-methyl/N-ethyl adjacent to an activating group) is 1. The highest BCUT2D eigenvalue weighted by atomic mass is 16.5. The van der Waals surface area contributed by atoms with Crippen LogP contribution in [0.2, 0.25) is 0 Å². The van der Waals surface area contributed by atoms with Crippen molar-refractivity contribution in [3.8, 4) is 11.5 Å². The molecule has 0 aliphatic heterocycles. The molecule has 0 radical (unpaired) electrons. The van der Waals surface area contributed by atoms with Crippen LogP contribution < -0.4 is 14.8 Å².